The molecule has 26 heavy (non-hydrogen) atoms. The van der Waals surface area contributed by atoms with Crippen LogP contribution in [0.2, 0.25) is 0 Å². The zero-order valence-corrected chi connectivity index (χ0v) is 14.6. The summed E-state index contributed by atoms with van der Waals surface area (Å²) in [6, 6.07) is 11.3. The summed E-state index contributed by atoms with van der Waals surface area (Å²) in [6.07, 6.45) is 1.53. The van der Waals surface area contributed by atoms with E-state index in [1.165, 1.54) is 24.5 Å². The van der Waals surface area contributed by atoms with Gasteiger partial charge in [-0.25, -0.2) is 4.98 Å². The molecule has 2 heterocycles. The molecule has 3 aromatic rings. The molecule has 1 aromatic carbocycles. The number of hydrogen-bond acceptors (Lipinski definition) is 7. The molecule has 0 fully saturated rings. The standard InChI is InChI=1S/C19H14N2O4S/c1-11-7-13(18-3-2-6-25-18)14(9-20)19(21-11)26-10-17(24)12-4-5-15(22)16(23)8-12/h2-8,22-23H,10H2,1H3. The van der Waals surface area contributed by atoms with E-state index in [0.717, 1.165) is 11.8 Å². The average molecular weight is 366 g/mol. The molecule has 0 aliphatic carbocycles. The number of carbonyl (C=O) groups excluding carboxylic acids is 1. The third-order valence-corrected chi connectivity index (χ3v) is 4.63. The summed E-state index contributed by atoms with van der Waals surface area (Å²) in [5.41, 5.74) is 1.94. The molecule has 0 saturated carbocycles. The number of Topliss-reactive ketones (excluding diaryl/α,β-unsaturated/α-hetero) is 1. The highest BCUT2D eigenvalue weighted by Gasteiger charge is 2.17. The lowest BCUT2D eigenvalue weighted by Crippen LogP contribution is -2.04. The molecule has 130 valence electrons. The second-order valence-electron chi connectivity index (χ2n) is 5.50. The molecule has 0 aliphatic heterocycles. The summed E-state index contributed by atoms with van der Waals surface area (Å²) in [4.78, 5) is 16.7. The number of furan rings is 1. The summed E-state index contributed by atoms with van der Waals surface area (Å²) in [7, 11) is 0. The number of phenolic OH excluding ortho intramolecular Hbond substituents is 2. The van der Waals surface area contributed by atoms with E-state index < -0.39 is 0 Å². The lowest BCUT2D eigenvalue weighted by molar-refractivity contribution is 0.102. The van der Waals surface area contributed by atoms with Crippen LogP contribution < -0.4 is 0 Å². The monoisotopic (exact) mass is 366 g/mol. The smallest absolute Gasteiger partial charge is 0.173 e. The van der Waals surface area contributed by atoms with Gasteiger partial charge in [0.2, 0.25) is 0 Å². The number of pyridine rings is 1. The molecular weight excluding hydrogens is 352 g/mol. The van der Waals surface area contributed by atoms with Gasteiger partial charge in [0.1, 0.15) is 16.9 Å². The van der Waals surface area contributed by atoms with Crippen molar-refractivity contribution < 1.29 is 19.4 Å². The van der Waals surface area contributed by atoms with Crippen LogP contribution in [0.5, 0.6) is 11.5 Å². The van der Waals surface area contributed by atoms with E-state index in [1.54, 1.807) is 25.1 Å². The van der Waals surface area contributed by atoms with Crippen molar-refractivity contribution in [2.75, 3.05) is 5.75 Å². The van der Waals surface area contributed by atoms with E-state index in [4.69, 9.17) is 4.42 Å². The van der Waals surface area contributed by atoms with Crippen molar-refractivity contribution in [1.82, 2.24) is 4.98 Å². The lowest BCUT2D eigenvalue weighted by atomic mass is 10.1. The highest BCUT2D eigenvalue weighted by molar-refractivity contribution is 8.00. The maximum absolute atomic E-state index is 12.3. The molecule has 0 bridgehead atoms. The Labute approximate surface area is 153 Å². The number of aromatic nitrogens is 1. The predicted octanol–water partition coefficient (Wildman–Crippen LogP) is 3.91. The van der Waals surface area contributed by atoms with Gasteiger partial charge in [0.25, 0.3) is 0 Å². The molecule has 0 atom stereocenters. The largest absolute Gasteiger partial charge is 0.504 e. The number of aromatic hydroxyl groups is 2. The molecule has 3 rings (SSSR count). The molecule has 2 N–H and O–H groups in total. The van der Waals surface area contributed by atoms with Crippen molar-refractivity contribution in [3.05, 3.63) is 59.5 Å². The first-order valence-corrected chi connectivity index (χ1v) is 8.61. The first kappa shape index (κ1) is 17.6. The van der Waals surface area contributed by atoms with Crippen LogP contribution in [0.15, 0.2) is 52.1 Å². The van der Waals surface area contributed by atoms with Gasteiger partial charge in [-0.2, -0.15) is 5.26 Å². The number of carbonyl (C=O) groups is 1. The summed E-state index contributed by atoms with van der Waals surface area (Å²) in [5, 5.41) is 28.8. The molecule has 0 radical (unpaired) electrons. The predicted molar refractivity (Wildman–Crippen MR) is 96.2 cm³/mol. The maximum Gasteiger partial charge on any atom is 0.173 e. The number of phenols is 2. The highest BCUT2D eigenvalue weighted by Crippen LogP contribution is 2.32. The van der Waals surface area contributed by atoms with Crippen LogP contribution in [-0.2, 0) is 0 Å². The molecular formula is C19H14N2O4S. The normalized spacial score (nSPS) is 10.5. The Bertz CT molecular complexity index is 1010. The number of aryl methyl sites for hydroxylation is 1. The van der Waals surface area contributed by atoms with E-state index in [0.29, 0.717) is 27.6 Å². The van der Waals surface area contributed by atoms with Crippen molar-refractivity contribution in [2.24, 2.45) is 0 Å². The highest BCUT2D eigenvalue weighted by atomic mass is 32.2. The van der Waals surface area contributed by atoms with Crippen LogP contribution >= 0.6 is 11.8 Å². The Kier molecular flexibility index (Phi) is 4.96. The minimum absolute atomic E-state index is 0.0347. The zero-order chi connectivity index (χ0) is 18.7. The Morgan fingerprint density at radius 3 is 2.73 bits per heavy atom. The van der Waals surface area contributed by atoms with Crippen molar-refractivity contribution in [2.45, 2.75) is 11.9 Å². The second kappa shape index (κ2) is 7.33. The van der Waals surface area contributed by atoms with E-state index in [-0.39, 0.29) is 28.6 Å². The van der Waals surface area contributed by atoms with Crippen LogP contribution in [0.3, 0.4) is 0 Å². The second-order valence-corrected chi connectivity index (χ2v) is 6.46. The van der Waals surface area contributed by atoms with Crippen molar-refractivity contribution >= 4 is 17.5 Å². The summed E-state index contributed by atoms with van der Waals surface area (Å²) in [5.74, 6) is -0.301. The van der Waals surface area contributed by atoms with Gasteiger partial charge in [0.05, 0.1) is 17.6 Å². The SMILES string of the molecule is Cc1cc(-c2ccco2)c(C#N)c(SCC(=O)c2ccc(O)c(O)c2)n1. The van der Waals surface area contributed by atoms with Gasteiger partial charge in [-0.1, -0.05) is 11.8 Å². The van der Waals surface area contributed by atoms with E-state index in [9.17, 15) is 20.3 Å². The quantitative estimate of drug-likeness (QED) is 0.400. The first-order valence-electron chi connectivity index (χ1n) is 7.63. The van der Waals surface area contributed by atoms with Gasteiger partial charge < -0.3 is 14.6 Å². The fourth-order valence-corrected chi connectivity index (χ4v) is 3.34. The number of hydrogen-bond donors (Lipinski definition) is 2. The van der Waals surface area contributed by atoms with E-state index in [1.807, 2.05) is 0 Å². The molecule has 0 unspecified atom stereocenters. The fourth-order valence-electron chi connectivity index (χ4n) is 2.40. The van der Waals surface area contributed by atoms with E-state index >= 15 is 0 Å². The van der Waals surface area contributed by atoms with Crippen molar-refractivity contribution in [3.8, 4) is 28.9 Å². The van der Waals surface area contributed by atoms with Gasteiger partial charge in [-0.05, 0) is 43.3 Å². The lowest BCUT2D eigenvalue weighted by Gasteiger charge is -2.09. The van der Waals surface area contributed by atoms with Gasteiger partial charge in [0, 0.05) is 16.8 Å². The molecule has 0 saturated heterocycles. The summed E-state index contributed by atoms with van der Waals surface area (Å²) in [6.45, 7) is 1.80. The summed E-state index contributed by atoms with van der Waals surface area (Å²) >= 11 is 1.14. The molecule has 0 amide bonds. The van der Waals surface area contributed by atoms with Crippen LogP contribution in [0.4, 0.5) is 0 Å². The fraction of sp³-hybridized carbons (Fsp3) is 0.105. The van der Waals surface area contributed by atoms with Gasteiger partial charge in [0.15, 0.2) is 17.3 Å². The van der Waals surface area contributed by atoms with Crippen LogP contribution in [0.25, 0.3) is 11.3 Å². The van der Waals surface area contributed by atoms with Crippen LogP contribution in [0.1, 0.15) is 21.6 Å². The van der Waals surface area contributed by atoms with Crippen LogP contribution in [0, 0.1) is 18.3 Å². The Morgan fingerprint density at radius 1 is 1.27 bits per heavy atom. The average Bonchev–Trinajstić information content (AvgIpc) is 3.16. The Morgan fingerprint density at radius 2 is 2.08 bits per heavy atom. The molecule has 0 spiro atoms. The van der Waals surface area contributed by atoms with Gasteiger partial charge in [-0.3, -0.25) is 4.79 Å². The third kappa shape index (κ3) is 3.55. The summed E-state index contributed by atoms with van der Waals surface area (Å²) < 4.78 is 5.38. The minimum atomic E-state index is -0.354. The van der Waals surface area contributed by atoms with Gasteiger partial charge >= 0.3 is 0 Å². The number of benzene rings is 1. The molecule has 2 aromatic heterocycles. The number of rotatable bonds is 5. The van der Waals surface area contributed by atoms with Gasteiger partial charge in [-0.15, -0.1) is 0 Å². The van der Waals surface area contributed by atoms with Crippen molar-refractivity contribution in [3.63, 3.8) is 0 Å². The number of nitrogens with zero attached hydrogens (tertiary/aromatic N) is 2. The zero-order valence-electron chi connectivity index (χ0n) is 13.8. The molecule has 0 aliphatic rings. The number of ketones is 1. The number of thioether (sulfide) groups is 1. The minimum Gasteiger partial charge on any atom is -0.504 e. The number of nitriles is 1. The topological polar surface area (TPSA) is 107 Å². The van der Waals surface area contributed by atoms with E-state index in [2.05, 4.69) is 11.1 Å². The Hall–Kier alpha value is -3.24. The van der Waals surface area contributed by atoms with Crippen molar-refractivity contribution in [1.29, 1.82) is 5.26 Å². The molecule has 6 nitrogen and oxygen atoms in total. The Balaban J connectivity index is 1.87. The van der Waals surface area contributed by atoms with Crippen LogP contribution in [-0.4, -0.2) is 26.7 Å². The molecule has 7 heteroatoms. The maximum atomic E-state index is 12.3. The third-order valence-electron chi connectivity index (χ3n) is 3.65. The first-order chi connectivity index (χ1) is 12.5.